The van der Waals surface area contributed by atoms with Crippen molar-refractivity contribution >= 4 is 11.8 Å². The zero-order chi connectivity index (χ0) is 14.0. The molecule has 0 bridgehead atoms. The fraction of sp³-hybridized carbons (Fsp3) is 0.615. The molecule has 1 aromatic heterocycles. The van der Waals surface area contributed by atoms with Crippen molar-refractivity contribution < 1.29 is 9.90 Å². The Labute approximate surface area is 113 Å². The lowest BCUT2D eigenvalue weighted by Gasteiger charge is -2.23. The Hall–Kier alpha value is -1.69. The molecule has 6 nitrogen and oxygen atoms in total. The largest absolute Gasteiger partial charge is 0.477 e. The van der Waals surface area contributed by atoms with E-state index in [4.69, 9.17) is 0 Å². The average Bonchev–Trinajstić information content (AvgIpc) is 2.74. The van der Waals surface area contributed by atoms with Crippen LogP contribution < -0.4 is 4.90 Å². The zero-order valence-electron chi connectivity index (χ0n) is 11.6. The summed E-state index contributed by atoms with van der Waals surface area (Å²) in [6.07, 6.45) is 2.53. The quantitative estimate of drug-likeness (QED) is 0.870. The molecule has 6 heteroatoms. The Morgan fingerprint density at radius 1 is 1.63 bits per heavy atom. The van der Waals surface area contributed by atoms with E-state index in [1.54, 1.807) is 6.92 Å². The minimum absolute atomic E-state index is 0.166. The molecule has 2 heterocycles. The highest BCUT2D eigenvalue weighted by atomic mass is 16.4. The molecule has 0 aliphatic carbocycles. The molecule has 0 amide bonds. The molecule has 1 aromatic rings. The molecule has 19 heavy (non-hydrogen) atoms. The molecule has 0 saturated carbocycles. The number of carboxylic acid groups (broad SMARTS) is 1. The molecule has 1 aliphatic rings. The number of carboxylic acids is 1. The molecule has 1 fully saturated rings. The number of aromatic nitrogens is 2. The monoisotopic (exact) mass is 264 g/mol. The second kappa shape index (κ2) is 5.52. The van der Waals surface area contributed by atoms with E-state index < -0.39 is 5.97 Å². The molecule has 0 aromatic carbocycles. The van der Waals surface area contributed by atoms with Gasteiger partial charge in [-0.15, -0.1) is 0 Å². The SMILES string of the molecule is Cc1ncc(C(=O)O)c(N(C)CC2CCN(C)C2)n1. The van der Waals surface area contributed by atoms with E-state index in [9.17, 15) is 9.90 Å². The van der Waals surface area contributed by atoms with Gasteiger partial charge in [0.15, 0.2) is 0 Å². The third kappa shape index (κ3) is 3.20. The van der Waals surface area contributed by atoms with Gasteiger partial charge in [-0.1, -0.05) is 0 Å². The van der Waals surface area contributed by atoms with Crippen LogP contribution in [0, 0.1) is 12.8 Å². The summed E-state index contributed by atoms with van der Waals surface area (Å²) in [5.74, 6) is 0.683. The topological polar surface area (TPSA) is 69.6 Å². The second-order valence-corrected chi connectivity index (χ2v) is 5.26. The van der Waals surface area contributed by atoms with Crippen LogP contribution in [0.25, 0.3) is 0 Å². The van der Waals surface area contributed by atoms with E-state index in [-0.39, 0.29) is 5.56 Å². The fourth-order valence-electron chi connectivity index (χ4n) is 2.55. The van der Waals surface area contributed by atoms with Gasteiger partial charge >= 0.3 is 5.97 Å². The van der Waals surface area contributed by atoms with Crippen molar-refractivity contribution in [3.63, 3.8) is 0 Å². The number of rotatable bonds is 4. The van der Waals surface area contributed by atoms with E-state index in [0.29, 0.717) is 17.6 Å². The van der Waals surface area contributed by atoms with E-state index in [1.807, 2.05) is 11.9 Å². The maximum absolute atomic E-state index is 11.2. The van der Waals surface area contributed by atoms with E-state index in [2.05, 4.69) is 21.9 Å². The Morgan fingerprint density at radius 2 is 2.37 bits per heavy atom. The van der Waals surface area contributed by atoms with Crippen LogP contribution in [-0.2, 0) is 0 Å². The van der Waals surface area contributed by atoms with Crippen molar-refractivity contribution in [2.24, 2.45) is 5.92 Å². The molecule has 1 unspecified atom stereocenters. The van der Waals surface area contributed by atoms with Gasteiger partial charge < -0.3 is 14.9 Å². The molecular weight excluding hydrogens is 244 g/mol. The number of likely N-dealkylation sites (tertiary alicyclic amines) is 1. The van der Waals surface area contributed by atoms with Gasteiger partial charge in [0.05, 0.1) is 0 Å². The van der Waals surface area contributed by atoms with Crippen LogP contribution in [0.1, 0.15) is 22.6 Å². The summed E-state index contributed by atoms with van der Waals surface area (Å²) in [5, 5.41) is 9.19. The molecule has 1 saturated heterocycles. The fourth-order valence-corrected chi connectivity index (χ4v) is 2.55. The van der Waals surface area contributed by atoms with Crippen LogP contribution in [0.2, 0.25) is 0 Å². The van der Waals surface area contributed by atoms with Gasteiger partial charge in [-0.05, 0) is 32.9 Å². The number of aryl methyl sites for hydroxylation is 1. The van der Waals surface area contributed by atoms with Crippen molar-refractivity contribution in [2.75, 3.05) is 38.6 Å². The third-order valence-electron chi connectivity index (χ3n) is 3.50. The number of hydrogen-bond acceptors (Lipinski definition) is 5. The molecule has 1 N–H and O–H groups in total. The minimum Gasteiger partial charge on any atom is -0.477 e. The van der Waals surface area contributed by atoms with E-state index in [0.717, 1.165) is 26.1 Å². The summed E-state index contributed by atoms with van der Waals surface area (Å²) in [5.41, 5.74) is 0.166. The predicted octanol–water partition coefficient (Wildman–Crippen LogP) is 0.871. The van der Waals surface area contributed by atoms with Crippen LogP contribution in [-0.4, -0.2) is 59.7 Å². The van der Waals surface area contributed by atoms with Crippen LogP contribution in [0.4, 0.5) is 5.82 Å². The average molecular weight is 264 g/mol. The van der Waals surface area contributed by atoms with Gasteiger partial charge in [-0.25, -0.2) is 14.8 Å². The highest BCUT2D eigenvalue weighted by Gasteiger charge is 2.23. The van der Waals surface area contributed by atoms with Crippen LogP contribution >= 0.6 is 0 Å². The first kappa shape index (κ1) is 13.7. The van der Waals surface area contributed by atoms with Crippen LogP contribution in [0.3, 0.4) is 0 Å². The summed E-state index contributed by atoms with van der Waals surface area (Å²) in [6, 6.07) is 0. The number of aromatic carboxylic acids is 1. The van der Waals surface area contributed by atoms with Gasteiger partial charge in [0.1, 0.15) is 17.2 Å². The van der Waals surface area contributed by atoms with Gasteiger partial charge in [0, 0.05) is 26.3 Å². The Bertz CT molecular complexity index is 478. The van der Waals surface area contributed by atoms with Crippen molar-refractivity contribution in [2.45, 2.75) is 13.3 Å². The summed E-state index contributed by atoms with van der Waals surface area (Å²) in [4.78, 5) is 23.7. The number of carbonyl (C=O) groups is 1. The van der Waals surface area contributed by atoms with Crippen LogP contribution in [0.15, 0.2) is 6.20 Å². The maximum Gasteiger partial charge on any atom is 0.341 e. The predicted molar refractivity (Wildman–Crippen MR) is 72.6 cm³/mol. The zero-order valence-corrected chi connectivity index (χ0v) is 11.6. The first-order valence-electron chi connectivity index (χ1n) is 6.44. The maximum atomic E-state index is 11.2. The smallest absolute Gasteiger partial charge is 0.341 e. The van der Waals surface area contributed by atoms with E-state index >= 15 is 0 Å². The van der Waals surface area contributed by atoms with Gasteiger partial charge in [0.2, 0.25) is 0 Å². The molecule has 104 valence electrons. The van der Waals surface area contributed by atoms with E-state index in [1.165, 1.54) is 6.20 Å². The summed E-state index contributed by atoms with van der Waals surface area (Å²) in [7, 11) is 4.00. The Kier molecular flexibility index (Phi) is 3.99. The van der Waals surface area contributed by atoms with Crippen molar-refractivity contribution in [3.8, 4) is 0 Å². The Morgan fingerprint density at radius 3 is 2.95 bits per heavy atom. The standard InChI is InChI=1S/C13H20N4O2/c1-9-14-6-11(13(18)19)12(15-9)17(3)8-10-4-5-16(2)7-10/h6,10H,4-5,7-8H2,1-3H3,(H,18,19). The summed E-state index contributed by atoms with van der Waals surface area (Å²) >= 11 is 0. The lowest BCUT2D eigenvalue weighted by atomic mass is 10.1. The van der Waals surface area contributed by atoms with Gasteiger partial charge in [0.25, 0.3) is 0 Å². The first-order chi connectivity index (χ1) is 8.97. The number of hydrogen-bond donors (Lipinski definition) is 1. The molecule has 2 rings (SSSR count). The van der Waals surface area contributed by atoms with Crippen molar-refractivity contribution in [1.82, 2.24) is 14.9 Å². The Balaban J connectivity index is 2.15. The highest BCUT2D eigenvalue weighted by Crippen LogP contribution is 2.21. The first-order valence-corrected chi connectivity index (χ1v) is 6.44. The van der Waals surface area contributed by atoms with Crippen molar-refractivity contribution in [3.05, 3.63) is 17.6 Å². The summed E-state index contributed by atoms with van der Waals surface area (Å²) < 4.78 is 0. The van der Waals surface area contributed by atoms with Crippen molar-refractivity contribution in [1.29, 1.82) is 0 Å². The van der Waals surface area contributed by atoms with Gasteiger partial charge in [-0.3, -0.25) is 0 Å². The molecular formula is C13H20N4O2. The molecule has 0 spiro atoms. The number of anilines is 1. The second-order valence-electron chi connectivity index (χ2n) is 5.26. The molecule has 1 atom stereocenters. The summed E-state index contributed by atoms with van der Waals surface area (Å²) in [6.45, 7) is 4.75. The number of nitrogens with zero attached hydrogens (tertiary/aromatic N) is 4. The molecule has 1 aliphatic heterocycles. The highest BCUT2D eigenvalue weighted by molar-refractivity contribution is 5.92. The lowest BCUT2D eigenvalue weighted by molar-refractivity contribution is 0.0696. The third-order valence-corrected chi connectivity index (χ3v) is 3.50. The van der Waals surface area contributed by atoms with Gasteiger partial charge in [-0.2, -0.15) is 0 Å². The van der Waals surface area contributed by atoms with Crippen LogP contribution in [0.5, 0.6) is 0 Å². The molecule has 0 radical (unpaired) electrons. The normalized spacial score (nSPS) is 19.6. The lowest BCUT2D eigenvalue weighted by Crippen LogP contribution is -2.29. The minimum atomic E-state index is -0.981.